The fraction of sp³-hybridized carbons (Fsp3) is 0.263. The van der Waals surface area contributed by atoms with Crippen molar-refractivity contribution in [1.29, 1.82) is 0 Å². The summed E-state index contributed by atoms with van der Waals surface area (Å²) in [5.74, 6) is 0.173. The second-order valence-corrected chi connectivity index (χ2v) is 6.52. The summed E-state index contributed by atoms with van der Waals surface area (Å²) in [5, 5.41) is 5.42. The zero-order chi connectivity index (χ0) is 18.3. The van der Waals surface area contributed by atoms with Crippen molar-refractivity contribution < 1.29 is 23.5 Å². The molecule has 2 N–H and O–H groups in total. The average molecular weight is 356 g/mol. The van der Waals surface area contributed by atoms with Gasteiger partial charge in [0.2, 0.25) is 12.7 Å². The van der Waals surface area contributed by atoms with E-state index in [0.717, 1.165) is 12.5 Å². The third-order valence-corrected chi connectivity index (χ3v) is 4.56. The average Bonchev–Trinajstić information content (AvgIpc) is 3.16. The number of hydrogen-bond acceptors (Lipinski definition) is 4. The van der Waals surface area contributed by atoms with Crippen molar-refractivity contribution in [3.05, 3.63) is 47.8 Å². The molecule has 1 aliphatic heterocycles. The van der Waals surface area contributed by atoms with Gasteiger partial charge in [0.1, 0.15) is 5.82 Å². The topological polar surface area (TPSA) is 76.7 Å². The molecular formula is C19H17FN2O4. The van der Waals surface area contributed by atoms with Crippen LogP contribution in [-0.2, 0) is 4.79 Å². The highest BCUT2D eigenvalue weighted by molar-refractivity contribution is 6.10. The number of fused-ring (bicyclic) bond motifs is 1. The normalized spacial score (nSPS) is 19.8. The van der Waals surface area contributed by atoms with E-state index in [2.05, 4.69) is 10.6 Å². The Kier molecular flexibility index (Phi) is 3.99. The molecule has 0 unspecified atom stereocenters. The summed E-state index contributed by atoms with van der Waals surface area (Å²) >= 11 is 0. The number of nitrogens with one attached hydrogen (secondary N) is 2. The minimum Gasteiger partial charge on any atom is -0.454 e. The van der Waals surface area contributed by atoms with Crippen LogP contribution in [0.1, 0.15) is 23.7 Å². The molecule has 4 rings (SSSR count). The third kappa shape index (κ3) is 3.20. The van der Waals surface area contributed by atoms with Gasteiger partial charge in [-0.2, -0.15) is 0 Å². The number of amides is 2. The quantitative estimate of drug-likeness (QED) is 0.880. The van der Waals surface area contributed by atoms with Crippen molar-refractivity contribution in [1.82, 2.24) is 0 Å². The van der Waals surface area contributed by atoms with E-state index in [-0.39, 0.29) is 29.9 Å². The van der Waals surface area contributed by atoms with E-state index in [9.17, 15) is 14.0 Å². The number of hydrogen-bond donors (Lipinski definition) is 2. The molecule has 0 bridgehead atoms. The van der Waals surface area contributed by atoms with Gasteiger partial charge in [0.05, 0.1) is 11.3 Å². The lowest BCUT2D eigenvalue weighted by molar-refractivity contribution is -0.117. The van der Waals surface area contributed by atoms with Crippen LogP contribution in [0.4, 0.5) is 15.8 Å². The SMILES string of the molecule is C[C@H]1C[C@H]1C(=O)Nc1ccc(F)cc1C(=O)Nc1ccc2c(c1)OCO2. The third-order valence-electron chi connectivity index (χ3n) is 4.56. The van der Waals surface area contributed by atoms with Crippen LogP contribution in [0.25, 0.3) is 0 Å². The monoisotopic (exact) mass is 356 g/mol. The maximum absolute atomic E-state index is 13.7. The first-order valence-corrected chi connectivity index (χ1v) is 8.32. The largest absolute Gasteiger partial charge is 0.454 e. The predicted octanol–water partition coefficient (Wildman–Crippen LogP) is 3.40. The van der Waals surface area contributed by atoms with Gasteiger partial charge >= 0.3 is 0 Å². The molecule has 2 aromatic carbocycles. The van der Waals surface area contributed by atoms with Gasteiger partial charge in [-0.1, -0.05) is 6.92 Å². The highest BCUT2D eigenvalue weighted by Gasteiger charge is 2.39. The fourth-order valence-corrected chi connectivity index (χ4v) is 2.90. The van der Waals surface area contributed by atoms with Gasteiger partial charge in [-0.3, -0.25) is 9.59 Å². The number of carbonyl (C=O) groups is 2. The van der Waals surface area contributed by atoms with Crippen LogP contribution >= 0.6 is 0 Å². The number of benzene rings is 2. The fourth-order valence-electron chi connectivity index (χ4n) is 2.90. The van der Waals surface area contributed by atoms with Gasteiger partial charge in [0.25, 0.3) is 5.91 Å². The summed E-state index contributed by atoms with van der Waals surface area (Å²) < 4.78 is 24.2. The number of rotatable bonds is 4. The Hall–Kier alpha value is -3.09. The lowest BCUT2D eigenvalue weighted by Gasteiger charge is -2.12. The van der Waals surface area contributed by atoms with Gasteiger partial charge in [-0.15, -0.1) is 0 Å². The molecular weight excluding hydrogens is 339 g/mol. The number of halogens is 1. The molecule has 0 spiro atoms. The van der Waals surface area contributed by atoms with Crippen LogP contribution < -0.4 is 20.1 Å². The van der Waals surface area contributed by atoms with E-state index in [0.29, 0.717) is 23.1 Å². The van der Waals surface area contributed by atoms with Crippen molar-refractivity contribution in [2.45, 2.75) is 13.3 Å². The molecule has 6 nitrogen and oxygen atoms in total. The van der Waals surface area contributed by atoms with Gasteiger partial charge in [0, 0.05) is 17.7 Å². The molecule has 26 heavy (non-hydrogen) atoms. The molecule has 0 aromatic heterocycles. The van der Waals surface area contributed by atoms with Gasteiger partial charge in [-0.25, -0.2) is 4.39 Å². The Morgan fingerprint density at radius 2 is 1.85 bits per heavy atom. The summed E-state index contributed by atoms with van der Waals surface area (Å²) in [6, 6.07) is 8.69. The maximum Gasteiger partial charge on any atom is 0.257 e. The number of ether oxygens (including phenoxy) is 2. The first-order valence-electron chi connectivity index (χ1n) is 8.32. The van der Waals surface area contributed by atoms with Crippen molar-refractivity contribution in [2.24, 2.45) is 11.8 Å². The molecule has 134 valence electrons. The molecule has 2 aromatic rings. The minimum absolute atomic E-state index is 0.0511. The smallest absolute Gasteiger partial charge is 0.257 e. The van der Waals surface area contributed by atoms with Crippen LogP contribution in [0.2, 0.25) is 0 Å². The van der Waals surface area contributed by atoms with Crippen LogP contribution in [0.3, 0.4) is 0 Å². The van der Waals surface area contributed by atoms with Crippen LogP contribution in [0.5, 0.6) is 11.5 Å². The molecule has 2 amide bonds. The number of carbonyl (C=O) groups excluding carboxylic acids is 2. The van der Waals surface area contributed by atoms with E-state index in [1.54, 1.807) is 18.2 Å². The molecule has 2 aliphatic rings. The zero-order valence-electron chi connectivity index (χ0n) is 14.0. The first-order chi connectivity index (χ1) is 12.5. The van der Waals surface area contributed by atoms with Gasteiger partial charge in [-0.05, 0) is 42.7 Å². The van der Waals surface area contributed by atoms with Crippen LogP contribution in [-0.4, -0.2) is 18.6 Å². The molecule has 0 saturated heterocycles. The van der Waals surface area contributed by atoms with Crippen molar-refractivity contribution in [2.75, 3.05) is 17.4 Å². The molecule has 7 heteroatoms. The second-order valence-electron chi connectivity index (χ2n) is 6.52. The predicted molar refractivity (Wildman–Crippen MR) is 92.8 cm³/mol. The molecule has 1 heterocycles. The maximum atomic E-state index is 13.7. The zero-order valence-corrected chi connectivity index (χ0v) is 14.0. The van der Waals surface area contributed by atoms with Crippen LogP contribution in [0, 0.1) is 17.7 Å². The Bertz CT molecular complexity index is 899. The second kappa shape index (κ2) is 6.33. The summed E-state index contributed by atoms with van der Waals surface area (Å²) in [7, 11) is 0. The lowest BCUT2D eigenvalue weighted by Crippen LogP contribution is -2.19. The van der Waals surface area contributed by atoms with Crippen molar-refractivity contribution >= 4 is 23.2 Å². The Morgan fingerprint density at radius 3 is 2.62 bits per heavy atom. The molecule has 1 fully saturated rings. The summed E-state index contributed by atoms with van der Waals surface area (Å²) in [6.07, 6.45) is 0.825. The summed E-state index contributed by atoms with van der Waals surface area (Å²) in [6.45, 7) is 2.12. The Morgan fingerprint density at radius 1 is 1.08 bits per heavy atom. The van der Waals surface area contributed by atoms with E-state index < -0.39 is 11.7 Å². The highest BCUT2D eigenvalue weighted by atomic mass is 19.1. The molecule has 0 radical (unpaired) electrons. The number of anilines is 2. The Balaban J connectivity index is 1.54. The first kappa shape index (κ1) is 16.4. The minimum atomic E-state index is -0.557. The standard InChI is InChI=1S/C19H17FN2O4/c1-10-6-13(10)18(23)22-15-4-2-11(20)7-14(15)19(24)21-12-3-5-16-17(8-12)26-9-25-16/h2-5,7-8,10,13H,6,9H2,1H3,(H,21,24)(H,22,23)/t10-,13+/m0/s1. The summed E-state index contributed by atoms with van der Waals surface area (Å²) in [4.78, 5) is 24.8. The molecule has 1 saturated carbocycles. The highest BCUT2D eigenvalue weighted by Crippen LogP contribution is 2.39. The molecule has 1 aliphatic carbocycles. The van der Waals surface area contributed by atoms with E-state index >= 15 is 0 Å². The van der Waals surface area contributed by atoms with Crippen LogP contribution in [0.15, 0.2) is 36.4 Å². The van der Waals surface area contributed by atoms with E-state index in [1.807, 2.05) is 6.92 Å². The van der Waals surface area contributed by atoms with Crippen molar-refractivity contribution in [3.63, 3.8) is 0 Å². The Labute approximate surface area is 149 Å². The van der Waals surface area contributed by atoms with E-state index in [1.165, 1.54) is 12.1 Å². The molecule has 2 atom stereocenters. The summed E-state index contributed by atoms with van der Waals surface area (Å²) in [5.41, 5.74) is 0.828. The van der Waals surface area contributed by atoms with Gasteiger partial charge < -0.3 is 20.1 Å². The van der Waals surface area contributed by atoms with E-state index in [4.69, 9.17) is 9.47 Å². The lowest BCUT2D eigenvalue weighted by atomic mass is 10.1. The van der Waals surface area contributed by atoms with Crippen molar-refractivity contribution in [3.8, 4) is 11.5 Å². The van der Waals surface area contributed by atoms with Gasteiger partial charge in [0.15, 0.2) is 11.5 Å².